The molecule has 0 fully saturated rings. The molecule has 0 saturated carbocycles. The Morgan fingerprint density at radius 1 is 1.00 bits per heavy atom. The van der Waals surface area contributed by atoms with E-state index >= 15 is 0 Å². The summed E-state index contributed by atoms with van der Waals surface area (Å²) in [5.74, 6) is 0.206. The van der Waals surface area contributed by atoms with Gasteiger partial charge in [0.1, 0.15) is 5.69 Å². The van der Waals surface area contributed by atoms with Crippen LogP contribution in [0.15, 0.2) is 73.1 Å². The number of halogens is 1. The van der Waals surface area contributed by atoms with Crippen LogP contribution in [-0.2, 0) is 7.05 Å². The molecule has 27 heavy (non-hydrogen) atoms. The van der Waals surface area contributed by atoms with E-state index in [1.807, 2.05) is 42.5 Å². The maximum absolute atomic E-state index is 12.9. The molecule has 2 aromatic heterocycles. The van der Waals surface area contributed by atoms with Gasteiger partial charge in [0.25, 0.3) is 5.91 Å². The summed E-state index contributed by atoms with van der Waals surface area (Å²) in [5, 5.41) is 12.3. The van der Waals surface area contributed by atoms with Gasteiger partial charge in [-0.05, 0) is 24.3 Å². The molecule has 1 N–H and O–H groups in total. The van der Waals surface area contributed by atoms with E-state index in [1.165, 1.54) is 0 Å². The van der Waals surface area contributed by atoms with Crippen molar-refractivity contribution in [3.8, 4) is 16.9 Å². The lowest BCUT2D eigenvalue weighted by atomic mass is 10.1. The van der Waals surface area contributed by atoms with E-state index in [9.17, 15) is 4.79 Å². The second kappa shape index (κ2) is 7.09. The number of rotatable bonds is 4. The molecule has 4 aromatic rings. The maximum atomic E-state index is 12.9. The fourth-order valence-corrected chi connectivity index (χ4v) is 2.87. The van der Waals surface area contributed by atoms with Crippen LogP contribution in [0.5, 0.6) is 0 Å². The Morgan fingerprint density at radius 2 is 1.74 bits per heavy atom. The Bertz CT molecular complexity index is 1080. The number of aryl methyl sites for hydroxylation is 1. The predicted molar refractivity (Wildman–Crippen MR) is 105 cm³/mol. The summed E-state index contributed by atoms with van der Waals surface area (Å²) in [7, 11) is 1.79. The van der Waals surface area contributed by atoms with Gasteiger partial charge < -0.3 is 5.32 Å². The Labute approximate surface area is 161 Å². The van der Waals surface area contributed by atoms with E-state index in [2.05, 4.69) is 15.5 Å². The van der Waals surface area contributed by atoms with Gasteiger partial charge in [0.2, 0.25) is 0 Å². The molecule has 1 amide bonds. The zero-order valence-corrected chi connectivity index (χ0v) is 15.3. The van der Waals surface area contributed by atoms with Crippen LogP contribution in [-0.4, -0.2) is 25.5 Å². The summed E-state index contributed by atoms with van der Waals surface area (Å²) < 4.78 is 3.32. The smallest absolute Gasteiger partial charge is 0.260 e. The first-order valence-corrected chi connectivity index (χ1v) is 8.70. The highest BCUT2D eigenvalue weighted by Gasteiger charge is 2.19. The molecule has 7 heteroatoms. The highest BCUT2D eigenvalue weighted by Crippen LogP contribution is 2.26. The SMILES string of the molecule is Cn1ccc(NC(=O)c2cn(-c3ccccc3)nc2-c2ccc(Cl)cc2)n1. The van der Waals surface area contributed by atoms with Crippen molar-refractivity contribution in [2.75, 3.05) is 5.32 Å². The minimum absolute atomic E-state index is 0.277. The molecule has 0 bridgehead atoms. The van der Waals surface area contributed by atoms with Gasteiger partial charge in [0.05, 0.1) is 11.3 Å². The van der Waals surface area contributed by atoms with Crippen LogP contribution in [0.4, 0.5) is 5.82 Å². The van der Waals surface area contributed by atoms with E-state index in [0.29, 0.717) is 22.1 Å². The maximum Gasteiger partial charge on any atom is 0.260 e. The Morgan fingerprint density at radius 3 is 2.41 bits per heavy atom. The van der Waals surface area contributed by atoms with Crippen molar-refractivity contribution >= 4 is 23.3 Å². The molecule has 2 aromatic carbocycles. The van der Waals surface area contributed by atoms with Crippen LogP contribution < -0.4 is 5.32 Å². The van der Waals surface area contributed by atoms with E-state index in [1.54, 1.807) is 47.0 Å². The number of aromatic nitrogens is 4. The average molecular weight is 378 g/mol. The van der Waals surface area contributed by atoms with Crippen LogP contribution in [0.2, 0.25) is 5.02 Å². The highest BCUT2D eigenvalue weighted by molar-refractivity contribution is 6.30. The lowest BCUT2D eigenvalue weighted by molar-refractivity contribution is 0.102. The summed E-state index contributed by atoms with van der Waals surface area (Å²) in [6.07, 6.45) is 3.49. The zero-order chi connectivity index (χ0) is 18.8. The molecule has 0 aliphatic heterocycles. The monoisotopic (exact) mass is 377 g/mol. The summed E-state index contributed by atoms with van der Waals surface area (Å²) in [4.78, 5) is 12.9. The molecule has 0 spiro atoms. The van der Waals surface area contributed by atoms with Gasteiger partial charge >= 0.3 is 0 Å². The molecule has 2 heterocycles. The summed E-state index contributed by atoms with van der Waals surface area (Å²) in [6.45, 7) is 0. The third-order valence-corrected chi connectivity index (χ3v) is 4.30. The minimum Gasteiger partial charge on any atom is -0.305 e. The summed E-state index contributed by atoms with van der Waals surface area (Å²) in [6, 6.07) is 18.6. The largest absolute Gasteiger partial charge is 0.305 e. The van der Waals surface area contributed by atoms with Gasteiger partial charge in [-0.15, -0.1) is 0 Å². The van der Waals surface area contributed by atoms with E-state index in [0.717, 1.165) is 11.3 Å². The first-order chi connectivity index (χ1) is 13.1. The number of hydrogen-bond donors (Lipinski definition) is 1. The number of carbonyl (C=O) groups is 1. The summed E-state index contributed by atoms with van der Waals surface area (Å²) in [5.41, 5.74) is 2.70. The second-order valence-electron chi connectivity index (χ2n) is 6.01. The van der Waals surface area contributed by atoms with Crippen molar-refractivity contribution in [3.63, 3.8) is 0 Å². The summed E-state index contributed by atoms with van der Waals surface area (Å²) >= 11 is 6.00. The third kappa shape index (κ3) is 3.61. The molecule has 134 valence electrons. The number of amides is 1. The second-order valence-corrected chi connectivity index (χ2v) is 6.44. The molecule has 0 saturated heterocycles. The minimum atomic E-state index is -0.277. The molecular weight excluding hydrogens is 362 g/mol. The number of nitrogens with one attached hydrogen (secondary N) is 1. The van der Waals surface area contributed by atoms with Gasteiger partial charge in [-0.3, -0.25) is 9.48 Å². The zero-order valence-electron chi connectivity index (χ0n) is 14.5. The fourth-order valence-electron chi connectivity index (χ4n) is 2.74. The Kier molecular flexibility index (Phi) is 4.48. The molecule has 0 radical (unpaired) electrons. The van der Waals surface area contributed by atoms with Gasteiger partial charge in [-0.1, -0.05) is 41.9 Å². The van der Waals surface area contributed by atoms with Crippen molar-refractivity contribution < 1.29 is 4.79 Å². The number of nitrogens with zero attached hydrogens (tertiary/aromatic N) is 4. The lowest BCUT2D eigenvalue weighted by Crippen LogP contribution is -2.13. The number of hydrogen-bond acceptors (Lipinski definition) is 3. The van der Waals surface area contributed by atoms with E-state index < -0.39 is 0 Å². The van der Waals surface area contributed by atoms with Crippen LogP contribution >= 0.6 is 11.6 Å². The first kappa shape index (κ1) is 17.1. The third-order valence-electron chi connectivity index (χ3n) is 4.05. The molecule has 4 rings (SSSR count). The van der Waals surface area contributed by atoms with Crippen LogP contribution in [0.25, 0.3) is 16.9 Å². The molecule has 0 unspecified atom stereocenters. The standard InChI is InChI=1S/C20H16ClN5O/c1-25-12-11-18(23-25)22-20(27)17-13-26(16-5-3-2-4-6-16)24-19(17)14-7-9-15(21)10-8-14/h2-13H,1H3,(H,22,23,27). The van der Waals surface area contributed by atoms with Crippen LogP contribution in [0, 0.1) is 0 Å². The molecule has 6 nitrogen and oxygen atoms in total. The Balaban J connectivity index is 1.77. The van der Waals surface area contributed by atoms with Gasteiger partial charge in [-0.25, -0.2) is 4.68 Å². The van der Waals surface area contributed by atoms with E-state index in [4.69, 9.17) is 11.6 Å². The van der Waals surface area contributed by atoms with Crippen molar-refractivity contribution in [3.05, 3.63) is 83.6 Å². The average Bonchev–Trinajstić information content (AvgIpc) is 3.30. The topological polar surface area (TPSA) is 64.7 Å². The van der Waals surface area contributed by atoms with E-state index in [-0.39, 0.29) is 5.91 Å². The number of benzene rings is 2. The number of anilines is 1. The van der Waals surface area contributed by atoms with Gasteiger partial charge in [0, 0.05) is 36.1 Å². The van der Waals surface area contributed by atoms with Gasteiger partial charge in [-0.2, -0.15) is 10.2 Å². The highest BCUT2D eigenvalue weighted by atomic mass is 35.5. The van der Waals surface area contributed by atoms with Crippen molar-refractivity contribution in [2.24, 2.45) is 7.05 Å². The molecular formula is C20H16ClN5O. The number of carbonyl (C=O) groups excluding carboxylic acids is 1. The molecule has 0 atom stereocenters. The lowest BCUT2D eigenvalue weighted by Gasteiger charge is -2.03. The Hall–Kier alpha value is -3.38. The van der Waals surface area contributed by atoms with Crippen molar-refractivity contribution in [2.45, 2.75) is 0 Å². The van der Waals surface area contributed by atoms with Crippen LogP contribution in [0.1, 0.15) is 10.4 Å². The molecule has 0 aliphatic carbocycles. The normalized spacial score (nSPS) is 10.7. The van der Waals surface area contributed by atoms with Gasteiger partial charge in [0.15, 0.2) is 5.82 Å². The predicted octanol–water partition coefficient (Wildman–Crippen LogP) is 4.18. The number of para-hydroxylation sites is 1. The van der Waals surface area contributed by atoms with Crippen molar-refractivity contribution in [1.82, 2.24) is 19.6 Å². The first-order valence-electron chi connectivity index (χ1n) is 8.32. The molecule has 0 aliphatic rings. The fraction of sp³-hybridized carbons (Fsp3) is 0.0500. The quantitative estimate of drug-likeness (QED) is 0.580. The van der Waals surface area contributed by atoms with Crippen molar-refractivity contribution in [1.29, 1.82) is 0 Å². The van der Waals surface area contributed by atoms with Crippen LogP contribution in [0.3, 0.4) is 0 Å².